The van der Waals surface area contributed by atoms with Gasteiger partial charge in [0.2, 0.25) is 0 Å². The number of hydrogen-bond acceptors (Lipinski definition) is 8. The van der Waals surface area contributed by atoms with E-state index >= 15 is 0 Å². The number of likely N-dealkylation sites (N-methyl/N-ethyl adjacent to an activating group) is 1. The van der Waals surface area contributed by atoms with Gasteiger partial charge in [0.1, 0.15) is 19.8 Å². The van der Waals surface area contributed by atoms with Gasteiger partial charge in [-0.3, -0.25) is 14.2 Å². The lowest BCUT2D eigenvalue weighted by Gasteiger charge is -2.28. The van der Waals surface area contributed by atoms with Crippen LogP contribution in [-0.2, 0) is 32.7 Å². The van der Waals surface area contributed by atoms with E-state index in [1.165, 1.54) is 186 Å². The van der Waals surface area contributed by atoms with Crippen LogP contribution in [0.5, 0.6) is 0 Å². The summed E-state index contributed by atoms with van der Waals surface area (Å²) in [7, 11) is 1.17. The third kappa shape index (κ3) is 73.5. The number of quaternary nitrogens is 1. The Bertz CT molecular complexity index is 1940. The van der Waals surface area contributed by atoms with Crippen molar-refractivity contribution >= 4 is 19.8 Å². The maximum atomic E-state index is 12.9. The lowest BCUT2D eigenvalue weighted by Crippen LogP contribution is -2.37. The van der Waals surface area contributed by atoms with Crippen LogP contribution in [0, 0.1) is 0 Å². The van der Waals surface area contributed by atoms with Crippen LogP contribution >= 0.6 is 7.82 Å². The highest BCUT2D eigenvalue weighted by molar-refractivity contribution is 7.45. The second-order valence-corrected chi connectivity index (χ2v) is 27.3. The molecule has 0 saturated heterocycles. The molecular formula is C80H140NO8P. The van der Waals surface area contributed by atoms with Crippen molar-refractivity contribution in [3.8, 4) is 0 Å². The third-order valence-corrected chi connectivity index (χ3v) is 16.9. The molecule has 10 heteroatoms. The van der Waals surface area contributed by atoms with Crippen molar-refractivity contribution in [1.29, 1.82) is 0 Å². The Labute approximate surface area is 556 Å². The number of carbonyl (C=O) groups is 2. The summed E-state index contributed by atoms with van der Waals surface area (Å²) in [5, 5.41) is 0. The lowest BCUT2D eigenvalue weighted by atomic mass is 10.0. The van der Waals surface area contributed by atoms with E-state index in [-0.39, 0.29) is 32.0 Å². The van der Waals surface area contributed by atoms with Gasteiger partial charge in [-0.2, -0.15) is 0 Å². The van der Waals surface area contributed by atoms with Crippen molar-refractivity contribution in [3.05, 3.63) is 122 Å². The molecule has 0 aliphatic carbocycles. The van der Waals surface area contributed by atoms with Crippen LogP contribution in [0.3, 0.4) is 0 Å². The number of ether oxygens (including phenoxy) is 2. The molecule has 9 nitrogen and oxygen atoms in total. The third-order valence-electron chi connectivity index (χ3n) is 16.0. The summed E-state index contributed by atoms with van der Waals surface area (Å²) in [6.45, 7) is 4.04. The average molecular weight is 1270 g/mol. The molecule has 0 aromatic rings. The molecule has 0 aliphatic heterocycles. The van der Waals surface area contributed by atoms with Gasteiger partial charge in [-0.1, -0.05) is 328 Å². The van der Waals surface area contributed by atoms with E-state index in [1.807, 2.05) is 21.1 Å². The summed E-state index contributed by atoms with van der Waals surface area (Å²) in [6, 6.07) is 0. The van der Waals surface area contributed by atoms with Gasteiger partial charge in [0.15, 0.2) is 6.10 Å². The van der Waals surface area contributed by atoms with Gasteiger partial charge >= 0.3 is 11.9 Å². The minimum Gasteiger partial charge on any atom is -0.756 e. The first kappa shape index (κ1) is 86.4. The molecule has 0 aromatic heterocycles. The maximum absolute atomic E-state index is 12.9. The Morgan fingerprint density at radius 1 is 0.344 bits per heavy atom. The monoisotopic (exact) mass is 1270 g/mol. The number of nitrogens with zero attached hydrogens (tertiary/aromatic N) is 1. The standard InChI is InChI=1S/C80H140NO8P/c1-6-8-10-12-14-16-18-20-22-24-26-28-30-32-34-35-36-37-38-39-40-41-42-43-44-45-47-49-51-53-55-57-59-61-63-65-67-69-71-73-80(83)89-78(77-88-90(84,85)87-75-74-81(3,4)5)76-86-79(82)72-70-68-66-64-62-60-58-56-54-52-50-48-46-33-31-29-27-25-23-21-19-17-15-13-11-9-7-2/h8-11,14-17,20-23,26-29,32,34,36-37,78H,6-7,12-13,18-19,24-25,30-31,33,35,38-77H2,1-5H3/b10-8-,11-9-,16-14-,17-15-,22-20-,23-21-,28-26-,29-27-,34-32-,37-36-. The lowest BCUT2D eigenvalue weighted by molar-refractivity contribution is -0.870. The minimum atomic E-state index is -4.65. The van der Waals surface area contributed by atoms with Gasteiger partial charge in [0.05, 0.1) is 27.7 Å². The smallest absolute Gasteiger partial charge is 0.306 e. The van der Waals surface area contributed by atoms with Crippen LogP contribution in [0.15, 0.2) is 122 Å². The molecule has 0 fully saturated rings. The summed E-state index contributed by atoms with van der Waals surface area (Å²) >= 11 is 0. The van der Waals surface area contributed by atoms with E-state index in [0.717, 1.165) is 103 Å². The van der Waals surface area contributed by atoms with Crippen molar-refractivity contribution in [2.75, 3.05) is 47.5 Å². The van der Waals surface area contributed by atoms with Crippen molar-refractivity contribution in [3.63, 3.8) is 0 Å². The number of carbonyl (C=O) groups excluding carboxylic acids is 2. The average Bonchev–Trinajstić information content (AvgIpc) is 3.58. The second kappa shape index (κ2) is 69.7. The number of rotatable bonds is 68. The highest BCUT2D eigenvalue weighted by Gasteiger charge is 2.22. The molecule has 0 bridgehead atoms. The van der Waals surface area contributed by atoms with Crippen LogP contribution in [0.25, 0.3) is 0 Å². The topological polar surface area (TPSA) is 111 Å². The molecule has 0 heterocycles. The van der Waals surface area contributed by atoms with Gasteiger partial charge in [0, 0.05) is 12.8 Å². The van der Waals surface area contributed by atoms with Crippen LogP contribution in [0.1, 0.15) is 322 Å². The molecule has 2 atom stereocenters. The molecule has 0 rings (SSSR count). The molecule has 0 amide bonds. The number of hydrogen-bond donors (Lipinski definition) is 0. The fourth-order valence-corrected chi connectivity index (χ4v) is 11.1. The normalized spacial score (nSPS) is 13.8. The van der Waals surface area contributed by atoms with Crippen LogP contribution in [0.4, 0.5) is 0 Å². The van der Waals surface area contributed by atoms with Crippen molar-refractivity contribution in [2.45, 2.75) is 328 Å². The number of phosphoric ester groups is 1. The SMILES string of the molecule is CC/C=C\C/C=C\C/C=C\C/C=C\C/C=C\C/C=C\CCCCCCCCCCCCCCCCCCCCCCC(=O)OC(COC(=O)CCCCCCCCCCCCCCCC/C=C\C/C=C\C/C=C\C/C=C\CC)COP(=O)([O-])OCC[N+](C)(C)C. The molecule has 0 aromatic carbocycles. The predicted octanol–water partition coefficient (Wildman–Crippen LogP) is 24.0. The molecule has 0 spiro atoms. The molecule has 90 heavy (non-hydrogen) atoms. The van der Waals surface area contributed by atoms with Gasteiger partial charge < -0.3 is 27.9 Å². The fourth-order valence-electron chi connectivity index (χ4n) is 10.4. The molecule has 0 saturated carbocycles. The Morgan fingerprint density at radius 3 is 0.889 bits per heavy atom. The molecular weight excluding hydrogens is 1130 g/mol. The zero-order valence-corrected chi connectivity index (χ0v) is 59.9. The molecule has 0 N–H and O–H groups in total. The number of allylic oxidation sites excluding steroid dienone is 20. The summed E-state index contributed by atoms with van der Waals surface area (Å²) in [5.74, 6) is -0.825. The Kier molecular flexibility index (Phi) is 67.0. The van der Waals surface area contributed by atoms with E-state index in [1.54, 1.807) is 0 Å². The largest absolute Gasteiger partial charge is 0.756 e. The van der Waals surface area contributed by atoms with E-state index in [0.29, 0.717) is 17.4 Å². The van der Waals surface area contributed by atoms with Gasteiger partial charge in [-0.15, -0.1) is 0 Å². The van der Waals surface area contributed by atoms with E-state index in [2.05, 4.69) is 135 Å². The zero-order valence-electron chi connectivity index (χ0n) is 59.1. The Morgan fingerprint density at radius 2 is 0.600 bits per heavy atom. The second-order valence-electron chi connectivity index (χ2n) is 25.9. The van der Waals surface area contributed by atoms with E-state index in [4.69, 9.17) is 18.5 Å². The Hall–Kier alpha value is -3.59. The van der Waals surface area contributed by atoms with Crippen LogP contribution < -0.4 is 4.89 Å². The van der Waals surface area contributed by atoms with Crippen LogP contribution in [-0.4, -0.2) is 70.0 Å². The quantitative estimate of drug-likeness (QED) is 0.0195. The zero-order chi connectivity index (χ0) is 65.5. The van der Waals surface area contributed by atoms with E-state index in [9.17, 15) is 19.0 Å². The fraction of sp³-hybridized carbons (Fsp3) is 0.725. The van der Waals surface area contributed by atoms with E-state index < -0.39 is 26.5 Å². The van der Waals surface area contributed by atoms with Crippen molar-refractivity contribution < 1.29 is 42.1 Å². The number of phosphoric acid groups is 1. The first-order chi connectivity index (χ1) is 44.0. The maximum Gasteiger partial charge on any atom is 0.306 e. The molecule has 0 radical (unpaired) electrons. The highest BCUT2D eigenvalue weighted by atomic mass is 31.2. The first-order valence-corrected chi connectivity index (χ1v) is 38.7. The van der Waals surface area contributed by atoms with Gasteiger partial charge in [-0.25, -0.2) is 0 Å². The molecule has 0 aliphatic rings. The summed E-state index contributed by atoms with van der Waals surface area (Å²) in [4.78, 5) is 38.1. The summed E-state index contributed by atoms with van der Waals surface area (Å²) in [6.07, 6.45) is 100. The highest BCUT2D eigenvalue weighted by Crippen LogP contribution is 2.38. The van der Waals surface area contributed by atoms with Gasteiger partial charge in [0.25, 0.3) is 7.82 Å². The summed E-state index contributed by atoms with van der Waals surface area (Å²) < 4.78 is 34.4. The molecule has 2 unspecified atom stereocenters. The number of esters is 2. The van der Waals surface area contributed by atoms with Crippen molar-refractivity contribution in [2.24, 2.45) is 0 Å². The molecule has 518 valence electrons. The minimum absolute atomic E-state index is 0.0331. The Balaban J connectivity index is 3.98. The first-order valence-electron chi connectivity index (χ1n) is 37.2. The van der Waals surface area contributed by atoms with Gasteiger partial charge in [-0.05, 0) is 103 Å². The predicted molar refractivity (Wildman–Crippen MR) is 388 cm³/mol. The van der Waals surface area contributed by atoms with Crippen molar-refractivity contribution in [1.82, 2.24) is 0 Å². The number of unbranched alkanes of at least 4 members (excludes halogenated alkanes) is 34. The van der Waals surface area contributed by atoms with Crippen LogP contribution in [0.2, 0.25) is 0 Å². The summed E-state index contributed by atoms with van der Waals surface area (Å²) in [5.41, 5.74) is 0.